The highest BCUT2D eigenvalue weighted by Crippen LogP contribution is 2.33. The quantitative estimate of drug-likeness (QED) is 0.619. The fourth-order valence-electron chi connectivity index (χ4n) is 4.14. The minimum atomic E-state index is -3.84. The summed E-state index contributed by atoms with van der Waals surface area (Å²) in [6, 6.07) is 1.24. The van der Waals surface area contributed by atoms with E-state index in [4.69, 9.17) is 4.74 Å². The Bertz CT molecular complexity index is 1160. The molecule has 2 fully saturated rings. The molecule has 2 N–H and O–H groups in total. The van der Waals surface area contributed by atoms with Crippen molar-refractivity contribution in [2.45, 2.75) is 61.4 Å². The standard InChI is InChI=1S/C20H26FN7O4S/c1-20(29)6-3-4-17(20)32-18-13(8-22)9-23-19(26-18)25-16-5-7-28(12-15(16)21)33(30,31)14-10-24-27(2)11-14/h9-11,15-17,29H,3-7,12H2,1-2H3,(H,23,25,26)/t15-,16-,17-,20+/m1/s1. The van der Waals surface area contributed by atoms with Gasteiger partial charge >= 0.3 is 0 Å². The number of aliphatic hydroxyl groups is 1. The van der Waals surface area contributed by atoms with Crippen LogP contribution in [0.15, 0.2) is 23.5 Å². The number of hydrogen-bond acceptors (Lipinski definition) is 9. The second-order valence-electron chi connectivity index (χ2n) is 8.65. The fourth-order valence-corrected chi connectivity index (χ4v) is 5.59. The van der Waals surface area contributed by atoms with E-state index in [1.807, 2.05) is 6.07 Å². The van der Waals surface area contributed by atoms with E-state index >= 15 is 0 Å². The minimum Gasteiger partial charge on any atom is -0.470 e. The number of nitriles is 1. The zero-order chi connectivity index (χ0) is 23.8. The average molecular weight is 480 g/mol. The van der Waals surface area contributed by atoms with Crippen molar-refractivity contribution in [3.8, 4) is 11.9 Å². The van der Waals surface area contributed by atoms with Crippen LogP contribution >= 0.6 is 0 Å². The number of aryl methyl sites for hydroxylation is 1. The smallest absolute Gasteiger partial charge is 0.246 e. The molecule has 11 nitrogen and oxygen atoms in total. The summed E-state index contributed by atoms with van der Waals surface area (Å²) in [5, 5.41) is 26.6. The van der Waals surface area contributed by atoms with E-state index in [0.29, 0.717) is 12.8 Å². The molecule has 1 saturated carbocycles. The maximum atomic E-state index is 14.9. The Kier molecular flexibility index (Phi) is 6.26. The van der Waals surface area contributed by atoms with Crippen molar-refractivity contribution < 1.29 is 22.7 Å². The number of sulfonamides is 1. The van der Waals surface area contributed by atoms with Crippen LogP contribution < -0.4 is 10.1 Å². The molecular weight excluding hydrogens is 453 g/mol. The molecule has 2 aromatic heterocycles. The zero-order valence-electron chi connectivity index (χ0n) is 18.3. The van der Waals surface area contributed by atoms with Crippen molar-refractivity contribution in [1.29, 1.82) is 5.26 Å². The molecule has 2 aromatic rings. The van der Waals surface area contributed by atoms with E-state index in [1.54, 1.807) is 14.0 Å². The minimum absolute atomic E-state index is 0.0172. The summed E-state index contributed by atoms with van der Waals surface area (Å²) in [6.45, 7) is 1.47. The molecule has 13 heteroatoms. The highest BCUT2D eigenvalue weighted by molar-refractivity contribution is 7.89. The molecule has 1 aliphatic heterocycles. The van der Waals surface area contributed by atoms with E-state index in [1.165, 1.54) is 23.3 Å². The van der Waals surface area contributed by atoms with Crippen LogP contribution in [0.3, 0.4) is 0 Å². The van der Waals surface area contributed by atoms with Gasteiger partial charge in [0.2, 0.25) is 21.9 Å². The van der Waals surface area contributed by atoms with E-state index in [-0.39, 0.29) is 41.8 Å². The Hall–Kier alpha value is -2.82. The lowest BCUT2D eigenvalue weighted by Crippen LogP contribution is -2.50. The molecule has 0 bridgehead atoms. The van der Waals surface area contributed by atoms with Crippen LogP contribution in [0.5, 0.6) is 5.88 Å². The normalized spacial score (nSPS) is 28.4. The predicted molar refractivity (Wildman–Crippen MR) is 115 cm³/mol. The molecule has 0 spiro atoms. The molecule has 4 rings (SSSR count). The van der Waals surface area contributed by atoms with Crippen LogP contribution in [0.4, 0.5) is 10.3 Å². The van der Waals surface area contributed by atoms with E-state index in [2.05, 4.69) is 20.4 Å². The van der Waals surface area contributed by atoms with Crippen molar-refractivity contribution in [2.75, 3.05) is 18.4 Å². The van der Waals surface area contributed by atoms with Gasteiger partial charge in [0.25, 0.3) is 0 Å². The van der Waals surface area contributed by atoms with Gasteiger partial charge in [0.15, 0.2) is 0 Å². The first-order valence-electron chi connectivity index (χ1n) is 10.7. The first-order valence-corrected chi connectivity index (χ1v) is 12.1. The zero-order valence-corrected chi connectivity index (χ0v) is 19.2. The number of rotatable bonds is 6. The van der Waals surface area contributed by atoms with Gasteiger partial charge < -0.3 is 15.2 Å². The third-order valence-corrected chi connectivity index (χ3v) is 7.93. The summed E-state index contributed by atoms with van der Waals surface area (Å²) in [6.07, 6.45) is 4.06. The number of aromatic nitrogens is 4. The number of nitrogens with one attached hydrogen (secondary N) is 1. The van der Waals surface area contributed by atoms with E-state index < -0.39 is 33.9 Å². The van der Waals surface area contributed by atoms with Gasteiger partial charge in [0.05, 0.1) is 24.0 Å². The van der Waals surface area contributed by atoms with Gasteiger partial charge in [-0.1, -0.05) is 0 Å². The number of hydrogen-bond donors (Lipinski definition) is 2. The number of piperidine rings is 1. The topological polar surface area (TPSA) is 146 Å². The maximum absolute atomic E-state index is 14.9. The highest BCUT2D eigenvalue weighted by atomic mass is 32.2. The summed E-state index contributed by atoms with van der Waals surface area (Å²) in [5.74, 6) is 0.0898. The highest BCUT2D eigenvalue weighted by Gasteiger charge is 2.40. The molecule has 33 heavy (non-hydrogen) atoms. The molecule has 1 saturated heterocycles. The molecule has 0 unspecified atom stereocenters. The number of anilines is 1. The molecule has 0 amide bonds. The molecular formula is C20H26FN7O4S. The van der Waals surface area contributed by atoms with Crippen LogP contribution in [0, 0.1) is 11.3 Å². The van der Waals surface area contributed by atoms with Crippen molar-refractivity contribution in [2.24, 2.45) is 7.05 Å². The van der Waals surface area contributed by atoms with Gasteiger partial charge in [0.1, 0.15) is 28.8 Å². The number of ether oxygens (including phenoxy) is 1. The van der Waals surface area contributed by atoms with Crippen molar-refractivity contribution in [3.05, 3.63) is 24.2 Å². The van der Waals surface area contributed by atoms with Crippen LogP contribution in [0.25, 0.3) is 0 Å². The third-order valence-electron chi connectivity index (χ3n) is 6.11. The predicted octanol–water partition coefficient (Wildman–Crippen LogP) is 0.977. The van der Waals surface area contributed by atoms with Crippen molar-refractivity contribution >= 4 is 16.0 Å². The number of alkyl halides is 1. The summed E-state index contributed by atoms with van der Waals surface area (Å²) in [5.41, 5.74) is -0.917. The molecule has 0 radical (unpaired) electrons. The Morgan fingerprint density at radius 1 is 1.39 bits per heavy atom. The Morgan fingerprint density at radius 2 is 2.18 bits per heavy atom. The monoisotopic (exact) mass is 479 g/mol. The first kappa shape index (κ1) is 23.3. The summed E-state index contributed by atoms with van der Waals surface area (Å²) < 4.78 is 48.7. The van der Waals surface area contributed by atoms with Gasteiger partial charge in [-0.2, -0.15) is 19.6 Å². The lowest BCUT2D eigenvalue weighted by molar-refractivity contribution is -0.0271. The second-order valence-corrected chi connectivity index (χ2v) is 10.6. The Morgan fingerprint density at radius 3 is 2.79 bits per heavy atom. The number of halogens is 1. The van der Waals surface area contributed by atoms with Gasteiger partial charge in [-0.25, -0.2) is 17.8 Å². The SMILES string of the molecule is Cn1cc(S(=O)(=O)N2CC[C@@H](Nc3ncc(C#N)c(O[C@@H]4CCC[C@]4(C)O)n3)[C@H](F)C2)cn1. The maximum Gasteiger partial charge on any atom is 0.246 e. The van der Waals surface area contributed by atoms with Crippen LogP contribution in [-0.2, 0) is 17.1 Å². The molecule has 178 valence electrons. The van der Waals surface area contributed by atoms with Crippen molar-refractivity contribution in [3.63, 3.8) is 0 Å². The lowest BCUT2D eigenvalue weighted by Gasteiger charge is -2.34. The second kappa shape index (κ2) is 8.85. The summed E-state index contributed by atoms with van der Waals surface area (Å²) in [7, 11) is -2.23. The summed E-state index contributed by atoms with van der Waals surface area (Å²) in [4.78, 5) is 8.32. The van der Waals surface area contributed by atoms with Gasteiger partial charge in [-0.3, -0.25) is 4.68 Å². The summed E-state index contributed by atoms with van der Waals surface area (Å²) >= 11 is 0. The first-order chi connectivity index (χ1) is 15.6. The van der Waals surface area contributed by atoms with Gasteiger partial charge in [-0.05, 0) is 32.6 Å². The number of nitrogens with zero attached hydrogens (tertiary/aromatic N) is 6. The molecule has 0 aromatic carbocycles. The lowest BCUT2D eigenvalue weighted by atomic mass is 10.0. The molecule has 1 aliphatic carbocycles. The van der Waals surface area contributed by atoms with Crippen LogP contribution in [0.2, 0.25) is 0 Å². The van der Waals surface area contributed by atoms with Gasteiger partial charge in [0, 0.05) is 26.3 Å². The Labute approximate surface area is 191 Å². The van der Waals surface area contributed by atoms with E-state index in [9.17, 15) is 23.2 Å². The molecule has 3 heterocycles. The third kappa shape index (κ3) is 4.78. The van der Waals surface area contributed by atoms with Gasteiger partial charge in [-0.15, -0.1) is 0 Å². The van der Waals surface area contributed by atoms with E-state index in [0.717, 1.165) is 10.7 Å². The largest absolute Gasteiger partial charge is 0.470 e. The fraction of sp³-hybridized carbons (Fsp3) is 0.600. The Balaban J connectivity index is 1.45. The van der Waals surface area contributed by atoms with Crippen LogP contribution in [-0.4, -0.2) is 74.6 Å². The molecule has 4 atom stereocenters. The molecule has 2 aliphatic rings. The average Bonchev–Trinajstić information content (AvgIpc) is 3.35. The van der Waals surface area contributed by atoms with Crippen molar-refractivity contribution in [1.82, 2.24) is 24.1 Å². The van der Waals surface area contributed by atoms with Crippen LogP contribution in [0.1, 0.15) is 38.2 Å².